The van der Waals surface area contributed by atoms with Crippen molar-refractivity contribution in [3.63, 3.8) is 0 Å². The van der Waals surface area contributed by atoms with Crippen LogP contribution in [-0.2, 0) is 11.3 Å². The van der Waals surface area contributed by atoms with Gasteiger partial charge >= 0.3 is 0 Å². The van der Waals surface area contributed by atoms with Crippen molar-refractivity contribution in [1.82, 2.24) is 9.47 Å². The zero-order valence-corrected chi connectivity index (χ0v) is 20.9. The molecule has 0 atom stereocenters. The van der Waals surface area contributed by atoms with Crippen molar-refractivity contribution in [3.8, 4) is 5.75 Å². The Kier molecular flexibility index (Phi) is 6.25. The molecule has 37 heavy (non-hydrogen) atoms. The Morgan fingerprint density at radius 1 is 0.784 bits per heavy atom. The van der Waals surface area contributed by atoms with Gasteiger partial charge in [-0.1, -0.05) is 78.9 Å². The Balaban J connectivity index is 1.26. The van der Waals surface area contributed by atoms with E-state index in [1.54, 1.807) is 0 Å². The minimum atomic E-state index is -0.280. The molecule has 2 heterocycles. The van der Waals surface area contributed by atoms with Crippen LogP contribution in [0.3, 0.4) is 0 Å². The van der Waals surface area contributed by atoms with Crippen LogP contribution >= 0.6 is 11.8 Å². The van der Waals surface area contributed by atoms with Crippen LogP contribution in [0.4, 0.5) is 4.79 Å². The first-order valence-electron chi connectivity index (χ1n) is 12.1. The van der Waals surface area contributed by atoms with Gasteiger partial charge in [-0.3, -0.25) is 14.5 Å². The molecule has 6 rings (SSSR count). The molecule has 1 aliphatic heterocycles. The third-order valence-corrected chi connectivity index (χ3v) is 7.43. The van der Waals surface area contributed by atoms with Crippen molar-refractivity contribution < 1.29 is 14.3 Å². The van der Waals surface area contributed by atoms with Gasteiger partial charge in [0, 0.05) is 29.2 Å². The molecule has 0 spiro atoms. The summed E-state index contributed by atoms with van der Waals surface area (Å²) in [4.78, 5) is 27.4. The van der Waals surface area contributed by atoms with Gasteiger partial charge in [-0.15, -0.1) is 0 Å². The van der Waals surface area contributed by atoms with Gasteiger partial charge in [0.1, 0.15) is 12.4 Å². The van der Waals surface area contributed by atoms with Crippen molar-refractivity contribution >= 4 is 50.7 Å². The highest BCUT2D eigenvalue weighted by Crippen LogP contribution is 2.34. The van der Waals surface area contributed by atoms with Gasteiger partial charge in [0.15, 0.2) is 0 Å². The summed E-state index contributed by atoms with van der Waals surface area (Å²) >= 11 is 0.980. The number of amides is 2. The molecule has 5 nitrogen and oxygen atoms in total. The smallest absolute Gasteiger partial charge is 0.293 e. The first-order chi connectivity index (χ1) is 18.2. The van der Waals surface area contributed by atoms with Gasteiger partial charge in [0.05, 0.1) is 11.4 Å². The molecule has 6 heteroatoms. The number of nitrogens with zero attached hydrogens (tertiary/aromatic N) is 2. The summed E-state index contributed by atoms with van der Waals surface area (Å²) in [6.45, 7) is 1.16. The van der Waals surface area contributed by atoms with E-state index in [1.165, 1.54) is 21.2 Å². The fourth-order valence-corrected chi connectivity index (χ4v) is 5.60. The van der Waals surface area contributed by atoms with Crippen molar-refractivity contribution in [1.29, 1.82) is 0 Å². The summed E-state index contributed by atoms with van der Waals surface area (Å²) in [5.74, 6) is 0.432. The van der Waals surface area contributed by atoms with E-state index in [-0.39, 0.29) is 24.3 Å². The number of fused-ring (bicyclic) bond motifs is 2. The number of carbonyl (C=O) groups excluding carboxylic acids is 2. The highest BCUT2D eigenvalue weighted by atomic mass is 32.2. The molecule has 2 amide bonds. The predicted octanol–water partition coefficient (Wildman–Crippen LogP) is 6.96. The highest BCUT2D eigenvalue weighted by molar-refractivity contribution is 8.18. The van der Waals surface area contributed by atoms with Crippen LogP contribution in [0.1, 0.15) is 11.1 Å². The van der Waals surface area contributed by atoms with E-state index < -0.39 is 0 Å². The highest BCUT2D eigenvalue weighted by Gasteiger charge is 2.35. The predicted molar refractivity (Wildman–Crippen MR) is 150 cm³/mol. The molecule has 1 aromatic heterocycles. The fourth-order valence-electron chi connectivity index (χ4n) is 4.74. The SMILES string of the molecule is O=C1S/C(=C\c2cn(Cc3cccc4ccccc34)c3ccccc23)C(=O)N1CCOc1ccccc1. The summed E-state index contributed by atoms with van der Waals surface area (Å²) in [5.41, 5.74) is 3.23. The molecule has 4 aromatic carbocycles. The molecule has 1 saturated heterocycles. The van der Waals surface area contributed by atoms with Gasteiger partial charge in [0.25, 0.3) is 11.1 Å². The Labute approximate surface area is 219 Å². The second-order valence-corrected chi connectivity index (χ2v) is 9.86. The molecule has 0 N–H and O–H groups in total. The number of ether oxygens (including phenoxy) is 1. The van der Waals surface area contributed by atoms with Crippen LogP contribution in [0.25, 0.3) is 27.8 Å². The van der Waals surface area contributed by atoms with E-state index >= 15 is 0 Å². The van der Waals surface area contributed by atoms with Crippen LogP contribution < -0.4 is 4.74 Å². The van der Waals surface area contributed by atoms with Crippen LogP contribution in [0.5, 0.6) is 5.75 Å². The number of aromatic nitrogens is 1. The maximum absolute atomic E-state index is 13.1. The van der Waals surface area contributed by atoms with Gasteiger partial charge in [-0.05, 0) is 52.4 Å². The van der Waals surface area contributed by atoms with E-state index in [0.717, 1.165) is 28.2 Å². The largest absolute Gasteiger partial charge is 0.492 e. The van der Waals surface area contributed by atoms with Crippen LogP contribution in [0.15, 0.2) is 108 Å². The topological polar surface area (TPSA) is 51.5 Å². The first kappa shape index (κ1) is 23.1. The lowest BCUT2D eigenvalue weighted by molar-refractivity contribution is -0.123. The van der Waals surface area contributed by atoms with Crippen LogP contribution in [0.2, 0.25) is 0 Å². The Hall–Kier alpha value is -4.29. The molecule has 1 fully saturated rings. The number of carbonyl (C=O) groups is 2. The minimum absolute atomic E-state index is 0.208. The number of rotatable bonds is 7. The quantitative estimate of drug-likeness (QED) is 0.225. The number of imide groups is 1. The summed E-state index contributed by atoms with van der Waals surface area (Å²) in [6.07, 6.45) is 3.91. The minimum Gasteiger partial charge on any atom is -0.492 e. The zero-order valence-electron chi connectivity index (χ0n) is 20.0. The number of para-hydroxylation sites is 2. The molecular weight excluding hydrogens is 480 g/mol. The monoisotopic (exact) mass is 504 g/mol. The molecule has 182 valence electrons. The molecular formula is C31H24N2O3S. The van der Waals surface area contributed by atoms with Gasteiger partial charge in [-0.2, -0.15) is 0 Å². The second kappa shape index (κ2) is 9.99. The Morgan fingerprint density at radius 2 is 1.51 bits per heavy atom. The lowest BCUT2D eigenvalue weighted by Crippen LogP contribution is -2.32. The molecule has 0 radical (unpaired) electrons. The van der Waals surface area contributed by atoms with Crippen LogP contribution in [-0.4, -0.2) is 33.8 Å². The fraction of sp³-hybridized carbons (Fsp3) is 0.0968. The Bertz CT molecular complexity index is 1650. The summed E-state index contributed by atoms with van der Waals surface area (Å²) < 4.78 is 7.90. The molecule has 0 unspecified atom stereocenters. The van der Waals surface area contributed by atoms with Crippen molar-refractivity contribution in [2.45, 2.75) is 6.54 Å². The molecule has 0 bridgehead atoms. The molecule has 1 aliphatic rings. The number of thioether (sulfide) groups is 1. The van der Waals surface area contributed by atoms with E-state index in [4.69, 9.17) is 4.74 Å². The van der Waals surface area contributed by atoms with Gasteiger partial charge < -0.3 is 9.30 Å². The molecule has 0 aliphatic carbocycles. The van der Waals surface area contributed by atoms with E-state index in [2.05, 4.69) is 65.4 Å². The maximum Gasteiger partial charge on any atom is 0.293 e. The summed E-state index contributed by atoms with van der Waals surface area (Å²) in [6, 6.07) is 32.3. The van der Waals surface area contributed by atoms with Gasteiger partial charge in [0.2, 0.25) is 0 Å². The average Bonchev–Trinajstić information content (AvgIpc) is 3.41. The third kappa shape index (κ3) is 4.63. The average molecular weight is 505 g/mol. The number of hydrogen-bond donors (Lipinski definition) is 0. The first-order valence-corrected chi connectivity index (χ1v) is 13.0. The standard InChI is InChI=1S/C31H24N2O3S/c34-30-29(37-31(35)33(30)17-18-36-25-12-2-1-3-13-25)19-24-21-32(28-16-7-6-15-27(24)28)20-23-11-8-10-22-9-4-5-14-26(22)23/h1-16,19,21H,17-18,20H2/b29-19-. The van der Waals surface area contributed by atoms with Crippen molar-refractivity contribution in [2.24, 2.45) is 0 Å². The normalized spacial score (nSPS) is 14.8. The van der Waals surface area contributed by atoms with E-state index in [9.17, 15) is 9.59 Å². The third-order valence-electron chi connectivity index (χ3n) is 6.53. The van der Waals surface area contributed by atoms with Crippen molar-refractivity contribution in [3.05, 3.63) is 119 Å². The zero-order chi connectivity index (χ0) is 25.2. The molecule has 0 saturated carbocycles. The lowest BCUT2D eigenvalue weighted by Gasteiger charge is -2.13. The summed E-state index contributed by atoms with van der Waals surface area (Å²) in [5, 5.41) is 3.21. The Morgan fingerprint density at radius 3 is 2.38 bits per heavy atom. The van der Waals surface area contributed by atoms with E-state index in [1.807, 2.05) is 48.5 Å². The van der Waals surface area contributed by atoms with E-state index in [0.29, 0.717) is 17.2 Å². The van der Waals surface area contributed by atoms with Crippen LogP contribution in [0, 0.1) is 0 Å². The van der Waals surface area contributed by atoms with Crippen molar-refractivity contribution in [2.75, 3.05) is 13.2 Å². The second-order valence-electron chi connectivity index (χ2n) is 8.86. The maximum atomic E-state index is 13.1. The number of benzene rings is 4. The number of hydrogen-bond acceptors (Lipinski definition) is 4. The molecule has 5 aromatic rings. The lowest BCUT2D eigenvalue weighted by atomic mass is 10.0. The summed E-state index contributed by atoms with van der Waals surface area (Å²) in [7, 11) is 0. The van der Waals surface area contributed by atoms with Gasteiger partial charge in [-0.25, -0.2) is 0 Å².